The Kier molecular flexibility index (Phi) is 7.78. The van der Waals surface area contributed by atoms with E-state index in [1.807, 2.05) is 38.2 Å². The molecule has 1 nitrogen and oxygen atoms in total. The van der Waals surface area contributed by atoms with E-state index in [1.54, 1.807) is 6.08 Å². The Morgan fingerprint density at radius 3 is 1.75 bits per heavy atom. The van der Waals surface area contributed by atoms with Gasteiger partial charge in [-0.05, 0) is 39.3 Å². The molecule has 0 fully saturated rings. The molecule has 0 rings (SSSR count). The molecule has 0 aromatic carbocycles. The fraction of sp³-hybridized carbons (Fsp3) is 0.267. The van der Waals surface area contributed by atoms with Crippen LogP contribution >= 0.6 is 0 Å². The summed E-state index contributed by atoms with van der Waals surface area (Å²) < 4.78 is 0. The Hall–Kier alpha value is -1.63. The Bertz CT molecular complexity index is 359. The van der Waals surface area contributed by atoms with E-state index >= 15 is 0 Å². The SMILES string of the molecule is CC(C)=C/C=C/C(C)=C/C=C/C(C)=C\C=O. The molecule has 0 saturated carbocycles. The predicted molar refractivity (Wildman–Crippen MR) is 71.3 cm³/mol. The monoisotopic (exact) mass is 216 g/mol. The molecule has 0 bridgehead atoms. The van der Waals surface area contributed by atoms with Crippen molar-refractivity contribution in [3.05, 3.63) is 59.3 Å². The number of allylic oxidation sites excluding steroid dienone is 10. The predicted octanol–water partition coefficient (Wildman–Crippen LogP) is 4.16. The molecular weight excluding hydrogens is 196 g/mol. The Morgan fingerprint density at radius 1 is 0.750 bits per heavy atom. The van der Waals surface area contributed by atoms with E-state index in [9.17, 15) is 4.79 Å². The van der Waals surface area contributed by atoms with Gasteiger partial charge in [-0.3, -0.25) is 4.79 Å². The summed E-state index contributed by atoms with van der Waals surface area (Å²) in [5.41, 5.74) is 3.41. The van der Waals surface area contributed by atoms with Crippen molar-refractivity contribution in [2.45, 2.75) is 27.7 Å². The second-order valence-corrected chi connectivity index (χ2v) is 3.92. The molecule has 0 spiro atoms. The molecule has 0 aliphatic rings. The average molecular weight is 216 g/mol. The lowest BCUT2D eigenvalue weighted by Crippen LogP contribution is -1.70. The van der Waals surface area contributed by atoms with Gasteiger partial charge in [-0.15, -0.1) is 0 Å². The third-order valence-electron chi connectivity index (χ3n) is 1.84. The Labute approximate surface area is 98.6 Å². The topological polar surface area (TPSA) is 17.1 Å². The van der Waals surface area contributed by atoms with Crippen LogP contribution in [0, 0.1) is 0 Å². The highest BCUT2D eigenvalue weighted by molar-refractivity contribution is 5.66. The van der Waals surface area contributed by atoms with Crippen molar-refractivity contribution in [1.82, 2.24) is 0 Å². The highest BCUT2D eigenvalue weighted by atomic mass is 16.1. The average Bonchev–Trinajstić information content (AvgIpc) is 2.17. The minimum absolute atomic E-state index is 0.797. The lowest BCUT2D eigenvalue weighted by atomic mass is 10.2. The molecule has 0 radical (unpaired) electrons. The molecule has 0 unspecified atom stereocenters. The third-order valence-corrected chi connectivity index (χ3v) is 1.84. The summed E-state index contributed by atoms with van der Waals surface area (Å²) in [7, 11) is 0. The van der Waals surface area contributed by atoms with Gasteiger partial charge in [0, 0.05) is 0 Å². The maximum Gasteiger partial charge on any atom is 0.143 e. The summed E-state index contributed by atoms with van der Waals surface area (Å²) in [6.45, 7) is 8.07. The number of aldehydes is 1. The van der Waals surface area contributed by atoms with Crippen molar-refractivity contribution in [3.8, 4) is 0 Å². The molecule has 1 heteroatoms. The van der Waals surface area contributed by atoms with Gasteiger partial charge >= 0.3 is 0 Å². The highest BCUT2D eigenvalue weighted by Gasteiger charge is 1.80. The van der Waals surface area contributed by atoms with E-state index < -0.39 is 0 Å². The van der Waals surface area contributed by atoms with Gasteiger partial charge < -0.3 is 0 Å². The molecule has 0 aliphatic carbocycles. The fourth-order valence-electron chi connectivity index (χ4n) is 0.962. The van der Waals surface area contributed by atoms with E-state index in [0.717, 1.165) is 11.9 Å². The lowest BCUT2D eigenvalue weighted by Gasteiger charge is -1.89. The normalized spacial score (nSPS) is 13.5. The molecule has 0 aromatic rings. The van der Waals surface area contributed by atoms with Gasteiger partial charge in [0.15, 0.2) is 0 Å². The van der Waals surface area contributed by atoms with Crippen LogP contribution in [0.1, 0.15) is 27.7 Å². The summed E-state index contributed by atoms with van der Waals surface area (Å²) in [6.07, 6.45) is 14.4. The third kappa shape index (κ3) is 8.95. The number of carbonyl (C=O) groups is 1. The van der Waals surface area contributed by atoms with Gasteiger partial charge in [-0.2, -0.15) is 0 Å². The van der Waals surface area contributed by atoms with Crippen molar-refractivity contribution in [2.75, 3.05) is 0 Å². The zero-order valence-electron chi connectivity index (χ0n) is 10.5. The summed E-state index contributed by atoms with van der Waals surface area (Å²) in [5.74, 6) is 0. The minimum Gasteiger partial charge on any atom is -0.299 e. The quantitative estimate of drug-likeness (QED) is 0.383. The molecule has 0 N–H and O–H groups in total. The standard InChI is InChI=1S/C15H20O/c1-13(2)7-5-8-14(3)9-6-10-15(4)11-12-16/h5-12H,1-4H3/b8-5+,10-6+,14-9+,15-11-. The van der Waals surface area contributed by atoms with Crippen LogP contribution in [0.2, 0.25) is 0 Å². The number of hydrogen-bond acceptors (Lipinski definition) is 1. The number of hydrogen-bond donors (Lipinski definition) is 0. The van der Waals surface area contributed by atoms with E-state index in [4.69, 9.17) is 0 Å². The maximum atomic E-state index is 10.2. The van der Waals surface area contributed by atoms with E-state index in [1.165, 1.54) is 11.1 Å². The van der Waals surface area contributed by atoms with Crippen LogP contribution in [-0.2, 0) is 4.79 Å². The van der Waals surface area contributed by atoms with Crippen molar-refractivity contribution in [3.63, 3.8) is 0 Å². The summed E-state index contributed by atoms with van der Waals surface area (Å²) in [6, 6.07) is 0. The molecule has 0 saturated heterocycles. The van der Waals surface area contributed by atoms with Gasteiger partial charge in [0.2, 0.25) is 0 Å². The van der Waals surface area contributed by atoms with Crippen molar-refractivity contribution >= 4 is 6.29 Å². The van der Waals surface area contributed by atoms with Crippen LogP contribution in [0.5, 0.6) is 0 Å². The number of carbonyl (C=O) groups excluding carboxylic acids is 1. The van der Waals surface area contributed by atoms with Crippen molar-refractivity contribution in [1.29, 1.82) is 0 Å². The van der Waals surface area contributed by atoms with Gasteiger partial charge in [0.25, 0.3) is 0 Å². The fourth-order valence-corrected chi connectivity index (χ4v) is 0.962. The van der Waals surface area contributed by atoms with Crippen LogP contribution in [0.4, 0.5) is 0 Å². The van der Waals surface area contributed by atoms with Crippen LogP contribution < -0.4 is 0 Å². The Balaban J connectivity index is 4.35. The second kappa shape index (κ2) is 8.66. The molecule has 0 amide bonds. The summed E-state index contributed by atoms with van der Waals surface area (Å²) >= 11 is 0. The zero-order chi connectivity index (χ0) is 12.4. The van der Waals surface area contributed by atoms with Crippen molar-refractivity contribution < 1.29 is 4.79 Å². The smallest absolute Gasteiger partial charge is 0.143 e. The number of rotatable bonds is 5. The lowest BCUT2D eigenvalue weighted by molar-refractivity contribution is -0.104. The zero-order valence-corrected chi connectivity index (χ0v) is 10.5. The molecule has 16 heavy (non-hydrogen) atoms. The molecule has 0 heterocycles. The largest absolute Gasteiger partial charge is 0.299 e. The van der Waals surface area contributed by atoms with Crippen LogP contribution in [-0.4, -0.2) is 6.29 Å². The summed E-state index contributed by atoms with van der Waals surface area (Å²) in [4.78, 5) is 10.2. The van der Waals surface area contributed by atoms with E-state index in [0.29, 0.717) is 0 Å². The highest BCUT2D eigenvalue weighted by Crippen LogP contribution is 1.99. The first kappa shape index (κ1) is 14.4. The maximum absolute atomic E-state index is 10.2. The van der Waals surface area contributed by atoms with Gasteiger partial charge in [0.05, 0.1) is 0 Å². The molecule has 86 valence electrons. The molecule has 0 aliphatic heterocycles. The first-order valence-corrected chi connectivity index (χ1v) is 5.35. The Morgan fingerprint density at radius 2 is 1.25 bits per heavy atom. The second-order valence-electron chi connectivity index (χ2n) is 3.92. The van der Waals surface area contributed by atoms with Crippen LogP contribution in [0.3, 0.4) is 0 Å². The van der Waals surface area contributed by atoms with Crippen molar-refractivity contribution in [2.24, 2.45) is 0 Å². The van der Waals surface area contributed by atoms with Gasteiger partial charge in [0.1, 0.15) is 6.29 Å². The minimum atomic E-state index is 0.797. The van der Waals surface area contributed by atoms with Crippen LogP contribution in [0.15, 0.2) is 59.3 Å². The molecular formula is C15H20O. The van der Waals surface area contributed by atoms with E-state index in [2.05, 4.69) is 26.0 Å². The molecule has 0 aromatic heterocycles. The van der Waals surface area contributed by atoms with E-state index in [-0.39, 0.29) is 0 Å². The molecule has 0 atom stereocenters. The van der Waals surface area contributed by atoms with Gasteiger partial charge in [-0.25, -0.2) is 0 Å². The summed E-state index contributed by atoms with van der Waals surface area (Å²) in [5, 5.41) is 0. The first-order valence-electron chi connectivity index (χ1n) is 5.35. The van der Waals surface area contributed by atoms with Crippen LogP contribution in [0.25, 0.3) is 0 Å². The first-order chi connectivity index (χ1) is 7.56. The van der Waals surface area contributed by atoms with Gasteiger partial charge in [-0.1, -0.05) is 47.6 Å².